The lowest BCUT2D eigenvalue weighted by molar-refractivity contribution is 0.960. The lowest BCUT2D eigenvalue weighted by Gasteiger charge is -2.06. The standard InChI is InChI=1S/C13H12Br2N2S/c14-10-2-4-13(17-8-10)18-11-3-1-9(5-6-16)12(15)7-11/h1-4,7-8H,5-6,16H2. The SMILES string of the molecule is NCCc1ccc(Sc2ccc(Br)cn2)cc1Br. The van der Waals surface area contributed by atoms with Gasteiger partial charge in [0.2, 0.25) is 0 Å². The molecule has 5 heteroatoms. The second kappa shape index (κ2) is 6.70. The van der Waals surface area contributed by atoms with E-state index in [0.29, 0.717) is 6.54 Å². The minimum Gasteiger partial charge on any atom is -0.330 e. The molecule has 2 rings (SSSR count). The number of pyridine rings is 1. The largest absolute Gasteiger partial charge is 0.330 e. The number of hydrogen-bond acceptors (Lipinski definition) is 3. The molecule has 0 radical (unpaired) electrons. The van der Waals surface area contributed by atoms with Crippen LogP contribution in [0.4, 0.5) is 0 Å². The van der Waals surface area contributed by atoms with Crippen LogP contribution < -0.4 is 5.73 Å². The van der Waals surface area contributed by atoms with E-state index in [4.69, 9.17) is 5.73 Å². The van der Waals surface area contributed by atoms with Gasteiger partial charge < -0.3 is 5.73 Å². The highest BCUT2D eigenvalue weighted by atomic mass is 79.9. The number of nitrogens with zero attached hydrogens (tertiary/aromatic N) is 1. The monoisotopic (exact) mass is 386 g/mol. The van der Waals surface area contributed by atoms with Crippen molar-refractivity contribution in [1.82, 2.24) is 4.98 Å². The summed E-state index contributed by atoms with van der Waals surface area (Å²) in [7, 11) is 0. The first kappa shape index (κ1) is 14.1. The second-order valence-corrected chi connectivity index (χ2v) is 6.57. The molecule has 0 aliphatic rings. The minimum absolute atomic E-state index is 0.666. The van der Waals surface area contributed by atoms with E-state index in [1.807, 2.05) is 12.1 Å². The van der Waals surface area contributed by atoms with Crippen LogP contribution in [0.15, 0.2) is 55.4 Å². The topological polar surface area (TPSA) is 38.9 Å². The first-order chi connectivity index (χ1) is 8.69. The summed E-state index contributed by atoms with van der Waals surface area (Å²) in [6.07, 6.45) is 2.70. The summed E-state index contributed by atoms with van der Waals surface area (Å²) in [5, 5.41) is 0.983. The van der Waals surface area contributed by atoms with Crippen molar-refractivity contribution in [2.45, 2.75) is 16.3 Å². The third-order valence-electron chi connectivity index (χ3n) is 2.36. The lowest BCUT2D eigenvalue weighted by Crippen LogP contribution is -2.03. The van der Waals surface area contributed by atoms with Crippen LogP contribution in [0, 0.1) is 0 Å². The molecule has 0 saturated carbocycles. The molecule has 0 saturated heterocycles. The molecule has 1 aromatic heterocycles. The molecular weight excluding hydrogens is 376 g/mol. The molecule has 0 atom stereocenters. The Morgan fingerprint density at radius 1 is 1.17 bits per heavy atom. The predicted molar refractivity (Wildman–Crippen MR) is 83.0 cm³/mol. The zero-order valence-electron chi connectivity index (χ0n) is 9.57. The first-order valence-electron chi connectivity index (χ1n) is 5.47. The van der Waals surface area contributed by atoms with E-state index in [0.717, 1.165) is 25.3 Å². The molecule has 0 bridgehead atoms. The Morgan fingerprint density at radius 3 is 2.61 bits per heavy atom. The van der Waals surface area contributed by atoms with Gasteiger partial charge in [0, 0.05) is 20.0 Å². The molecule has 2 aromatic rings. The number of hydrogen-bond donors (Lipinski definition) is 1. The van der Waals surface area contributed by atoms with Crippen LogP contribution in [0.2, 0.25) is 0 Å². The maximum atomic E-state index is 5.56. The van der Waals surface area contributed by atoms with Gasteiger partial charge in [0.25, 0.3) is 0 Å². The van der Waals surface area contributed by atoms with Crippen molar-refractivity contribution in [2.75, 3.05) is 6.54 Å². The van der Waals surface area contributed by atoms with Crippen molar-refractivity contribution in [2.24, 2.45) is 5.73 Å². The van der Waals surface area contributed by atoms with Crippen molar-refractivity contribution in [1.29, 1.82) is 0 Å². The average Bonchev–Trinajstić information content (AvgIpc) is 2.36. The number of rotatable bonds is 4. The fourth-order valence-electron chi connectivity index (χ4n) is 1.49. The molecule has 94 valence electrons. The normalized spacial score (nSPS) is 10.6. The van der Waals surface area contributed by atoms with Gasteiger partial charge in [-0.3, -0.25) is 0 Å². The van der Waals surface area contributed by atoms with Gasteiger partial charge in [-0.2, -0.15) is 0 Å². The first-order valence-corrected chi connectivity index (χ1v) is 7.87. The van der Waals surface area contributed by atoms with E-state index in [2.05, 4.69) is 55.0 Å². The Balaban J connectivity index is 2.14. The van der Waals surface area contributed by atoms with Crippen LogP contribution in [0.25, 0.3) is 0 Å². The van der Waals surface area contributed by atoms with Crippen molar-refractivity contribution in [3.63, 3.8) is 0 Å². The highest BCUT2D eigenvalue weighted by Crippen LogP contribution is 2.30. The highest BCUT2D eigenvalue weighted by Gasteiger charge is 2.03. The van der Waals surface area contributed by atoms with Crippen LogP contribution in [0.5, 0.6) is 0 Å². The summed E-state index contributed by atoms with van der Waals surface area (Å²) in [6.45, 7) is 0.666. The number of nitrogens with two attached hydrogens (primary N) is 1. The fourth-order valence-corrected chi connectivity index (χ4v) is 3.25. The van der Waals surface area contributed by atoms with Gasteiger partial charge in [0.15, 0.2) is 0 Å². The molecule has 0 fully saturated rings. The lowest BCUT2D eigenvalue weighted by atomic mass is 10.1. The Bertz CT molecular complexity index is 529. The van der Waals surface area contributed by atoms with Crippen LogP contribution in [-0.4, -0.2) is 11.5 Å². The summed E-state index contributed by atoms with van der Waals surface area (Å²) < 4.78 is 2.10. The van der Waals surface area contributed by atoms with Gasteiger partial charge in [0.05, 0.1) is 0 Å². The zero-order chi connectivity index (χ0) is 13.0. The van der Waals surface area contributed by atoms with Gasteiger partial charge in [-0.05, 0) is 58.7 Å². The molecule has 0 aliphatic heterocycles. The van der Waals surface area contributed by atoms with Crippen molar-refractivity contribution in [3.05, 3.63) is 51.0 Å². The highest BCUT2D eigenvalue weighted by molar-refractivity contribution is 9.10. The molecule has 0 aliphatic carbocycles. The van der Waals surface area contributed by atoms with Gasteiger partial charge in [-0.1, -0.05) is 33.8 Å². The molecule has 0 unspecified atom stereocenters. The predicted octanol–water partition coefficient (Wildman–Crippen LogP) is 4.26. The van der Waals surface area contributed by atoms with Crippen molar-refractivity contribution >= 4 is 43.6 Å². The quantitative estimate of drug-likeness (QED) is 0.851. The third kappa shape index (κ3) is 3.82. The van der Waals surface area contributed by atoms with Crippen molar-refractivity contribution in [3.8, 4) is 0 Å². The van der Waals surface area contributed by atoms with E-state index < -0.39 is 0 Å². The molecule has 2 nitrogen and oxygen atoms in total. The maximum absolute atomic E-state index is 5.56. The molecule has 1 heterocycles. The van der Waals surface area contributed by atoms with Gasteiger partial charge in [-0.15, -0.1) is 0 Å². The van der Waals surface area contributed by atoms with Gasteiger partial charge in [0.1, 0.15) is 5.03 Å². The van der Waals surface area contributed by atoms with Crippen LogP contribution in [0.3, 0.4) is 0 Å². The molecule has 0 spiro atoms. The van der Waals surface area contributed by atoms with Gasteiger partial charge in [-0.25, -0.2) is 4.98 Å². The van der Waals surface area contributed by atoms with Gasteiger partial charge >= 0.3 is 0 Å². The third-order valence-corrected chi connectivity index (χ3v) is 4.51. The second-order valence-electron chi connectivity index (χ2n) is 3.71. The molecule has 18 heavy (non-hydrogen) atoms. The van der Waals surface area contributed by atoms with E-state index in [1.54, 1.807) is 18.0 Å². The average molecular weight is 388 g/mol. The summed E-state index contributed by atoms with van der Waals surface area (Å²) in [5.41, 5.74) is 6.81. The smallest absolute Gasteiger partial charge is 0.101 e. The van der Waals surface area contributed by atoms with Crippen molar-refractivity contribution < 1.29 is 0 Å². The van der Waals surface area contributed by atoms with Crippen LogP contribution >= 0.6 is 43.6 Å². The Kier molecular flexibility index (Phi) is 5.24. The number of halogens is 2. The molecule has 1 aromatic carbocycles. The molecule has 0 amide bonds. The van der Waals surface area contributed by atoms with E-state index in [-0.39, 0.29) is 0 Å². The summed E-state index contributed by atoms with van der Waals surface area (Å²) in [4.78, 5) is 5.51. The van der Waals surface area contributed by atoms with Crippen LogP contribution in [-0.2, 0) is 6.42 Å². The Labute approximate surface area is 128 Å². The Hall–Kier alpha value is -0.360. The summed E-state index contributed by atoms with van der Waals surface area (Å²) >= 11 is 8.60. The molecule has 2 N–H and O–H groups in total. The summed E-state index contributed by atoms with van der Waals surface area (Å²) in [5.74, 6) is 0. The number of benzene rings is 1. The van der Waals surface area contributed by atoms with E-state index in [1.165, 1.54) is 5.56 Å². The summed E-state index contributed by atoms with van der Waals surface area (Å²) in [6, 6.07) is 10.3. The molecular formula is C13H12Br2N2S. The maximum Gasteiger partial charge on any atom is 0.101 e. The fraction of sp³-hybridized carbons (Fsp3) is 0.154. The minimum atomic E-state index is 0.666. The zero-order valence-corrected chi connectivity index (χ0v) is 13.6. The van der Waals surface area contributed by atoms with Crippen LogP contribution in [0.1, 0.15) is 5.56 Å². The van der Waals surface area contributed by atoms with E-state index >= 15 is 0 Å². The Morgan fingerprint density at radius 2 is 2.00 bits per heavy atom. The number of aromatic nitrogens is 1. The van der Waals surface area contributed by atoms with E-state index in [9.17, 15) is 0 Å².